The van der Waals surface area contributed by atoms with Gasteiger partial charge in [0.1, 0.15) is 0 Å². The van der Waals surface area contributed by atoms with Crippen molar-refractivity contribution in [1.29, 1.82) is 0 Å². The molecule has 4 heteroatoms. The summed E-state index contributed by atoms with van der Waals surface area (Å²) in [7, 11) is 0. The Kier molecular flexibility index (Phi) is 8.68. The third-order valence-corrected chi connectivity index (χ3v) is 3.88. The average Bonchev–Trinajstić information content (AvgIpc) is 2.83. The van der Waals surface area contributed by atoms with Gasteiger partial charge in [-0.3, -0.25) is 0 Å². The van der Waals surface area contributed by atoms with Crippen LogP contribution in [0.3, 0.4) is 0 Å². The molecule has 0 spiro atoms. The maximum absolute atomic E-state index is 10.2. The van der Waals surface area contributed by atoms with E-state index in [-0.39, 0.29) is 46.5 Å². The molecule has 1 nitrogen and oxygen atoms in total. The summed E-state index contributed by atoms with van der Waals surface area (Å²) in [5.74, 6) is 0. The van der Waals surface area contributed by atoms with Gasteiger partial charge in [-0.2, -0.15) is 0 Å². The molecular weight excluding hydrogens is 351 g/mol. The van der Waals surface area contributed by atoms with Crippen molar-refractivity contribution in [2.75, 3.05) is 0 Å². The van der Waals surface area contributed by atoms with Crippen molar-refractivity contribution in [1.82, 2.24) is 0 Å². The fourth-order valence-electron chi connectivity index (χ4n) is 2.95. The van der Waals surface area contributed by atoms with Crippen LogP contribution < -0.4 is 0 Å². The molecular formula is C18H20Cl2OTi. The minimum Gasteiger partial charge on any atom is -0.389 e. The van der Waals surface area contributed by atoms with Gasteiger partial charge in [0.15, 0.2) is 0 Å². The van der Waals surface area contributed by atoms with Crippen molar-refractivity contribution in [2.24, 2.45) is 0 Å². The molecule has 0 aromatic heterocycles. The zero-order chi connectivity index (χ0) is 13.4. The molecule has 0 heterocycles. The van der Waals surface area contributed by atoms with Gasteiger partial charge in [-0.25, -0.2) is 0 Å². The summed E-state index contributed by atoms with van der Waals surface area (Å²) in [4.78, 5) is 0. The van der Waals surface area contributed by atoms with Gasteiger partial charge in [0, 0.05) is 21.7 Å². The van der Waals surface area contributed by atoms with Crippen molar-refractivity contribution >= 4 is 41.2 Å². The van der Waals surface area contributed by atoms with Crippen LogP contribution in [0.2, 0.25) is 0 Å². The second-order valence-electron chi connectivity index (χ2n) is 5.19. The second-order valence-corrected chi connectivity index (χ2v) is 5.19. The van der Waals surface area contributed by atoms with E-state index in [0.29, 0.717) is 0 Å². The molecule has 0 fully saturated rings. The Labute approximate surface area is 159 Å². The summed E-state index contributed by atoms with van der Waals surface area (Å²) >= 11 is 0. The van der Waals surface area contributed by atoms with E-state index in [1.165, 1.54) is 22.1 Å². The van der Waals surface area contributed by atoms with Crippen LogP contribution in [0.25, 0.3) is 16.3 Å². The zero-order valence-corrected chi connectivity index (χ0v) is 15.9. The van der Waals surface area contributed by atoms with E-state index in [2.05, 4.69) is 43.3 Å². The standard InChI is InChI=1S/C18H18O.2ClH.Ti/c1-12-6-5-9-15(12)17-11-10-14-7-3-4-8-16(14)18(17)13(2)19;;;/h3-8,10-11,13,19H,9H2,1-2H3;2*1H;. The Morgan fingerprint density at radius 1 is 1.05 bits per heavy atom. The first-order chi connectivity index (χ1) is 9.18. The first-order valence-corrected chi connectivity index (χ1v) is 6.75. The summed E-state index contributed by atoms with van der Waals surface area (Å²) in [6, 6.07) is 12.6. The molecule has 1 aliphatic rings. The molecule has 0 bridgehead atoms. The van der Waals surface area contributed by atoms with E-state index in [1.54, 1.807) is 0 Å². The molecule has 0 radical (unpaired) electrons. The van der Waals surface area contributed by atoms with Gasteiger partial charge in [0.25, 0.3) is 0 Å². The van der Waals surface area contributed by atoms with Gasteiger partial charge in [-0.15, -0.1) is 24.8 Å². The van der Waals surface area contributed by atoms with E-state index in [9.17, 15) is 5.11 Å². The molecule has 1 N–H and O–H groups in total. The Morgan fingerprint density at radius 3 is 2.32 bits per heavy atom. The van der Waals surface area contributed by atoms with Crippen LogP contribution in [0.1, 0.15) is 37.5 Å². The van der Waals surface area contributed by atoms with Crippen molar-refractivity contribution in [2.45, 2.75) is 26.4 Å². The summed E-state index contributed by atoms with van der Waals surface area (Å²) in [6.45, 7) is 3.99. The van der Waals surface area contributed by atoms with Gasteiger partial charge in [0.2, 0.25) is 0 Å². The topological polar surface area (TPSA) is 20.2 Å². The summed E-state index contributed by atoms with van der Waals surface area (Å²) in [5.41, 5.74) is 4.88. The SMILES string of the molecule is CC1=C(c2ccc3ccccc3c2C(C)O)CC=C1.Cl.Cl.[Ti]. The number of aliphatic hydroxyl groups excluding tert-OH is 1. The van der Waals surface area contributed by atoms with E-state index in [4.69, 9.17) is 0 Å². The van der Waals surface area contributed by atoms with Crippen LogP contribution in [0, 0.1) is 0 Å². The smallest absolute Gasteiger partial charge is 0.0773 e. The first-order valence-electron chi connectivity index (χ1n) is 6.75. The minimum absolute atomic E-state index is 0. The molecule has 0 saturated carbocycles. The summed E-state index contributed by atoms with van der Waals surface area (Å²) in [5, 5.41) is 12.5. The van der Waals surface area contributed by atoms with Crippen LogP contribution in [0.5, 0.6) is 0 Å². The zero-order valence-electron chi connectivity index (χ0n) is 12.7. The van der Waals surface area contributed by atoms with Gasteiger partial charge in [-0.1, -0.05) is 48.6 Å². The number of benzene rings is 2. The largest absolute Gasteiger partial charge is 0.389 e. The minimum atomic E-state index is -0.456. The van der Waals surface area contributed by atoms with Crippen molar-refractivity contribution in [3.8, 4) is 0 Å². The quantitative estimate of drug-likeness (QED) is 0.695. The predicted molar refractivity (Wildman–Crippen MR) is 95.4 cm³/mol. The van der Waals surface area contributed by atoms with Gasteiger partial charge >= 0.3 is 0 Å². The number of hydrogen-bond acceptors (Lipinski definition) is 1. The van der Waals surface area contributed by atoms with Crippen molar-refractivity contribution in [3.63, 3.8) is 0 Å². The second kappa shape index (κ2) is 8.91. The van der Waals surface area contributed by atoms with Crippen LogP contribution in [0.15, 0.2) is 54.1 Å². The Balaban J connectivity index is 0.00000147. The van der Waals surface area contributed by atoms with Crippen LogP contribution in [0.4, 0.5) is 0 Å². The maximum Gasteiger partial charge on any atom is 0.0773 e. The summed E-state index contributed by atoms with van der Waals surface area (Å²) < 4.78 is 0. The van der Waals surface area contributed by atoms with Crippen LogP contribution >= 0.6 is 24.8 Å². The molecule has 1 unspecified atom stereocenters. The first kappa shape index (κ1) is 21.4. The van der Waals surface area contributed by atoms with Crippen LogP contribution in [-0.2, 0) is 21.7 Å². The monoisotopic (exact) mass is 370 g/mol. The summed E-state index contributed by atoms with van der Waals surface area (Å²) in [6.07, 6.45) is 4.85. The van der Waals surface area contributed by atoms with Gasteiger partial charge in [0.05, 0.1) is 6.10 Å². The fourth-order valence-corrected chi connectivity index (χ4v) is 2.95. The number of allylic oxidation sites excluding steroid dienone is 4. The number of aliphatic hydroxyl groups is 1. The molecule has 1 aliphatic carbocycles. The number of fused-ring (bicyclic) bond motifs is 1. The Bertz CT molecular complexity index is 705. The number of halogens is 2. The Morgan fingerprint density at radius 2 is 1.73 bits per heavy atom. The normalized spacial score (nSPS) is 14.1. The van der Waals surface area contributed by atoms with Gasteiger partial charge < -0.3 is 5.11 Å². The molecule has 2 aromatic carbocycles. The van der Waals surface area contributed by atoms with E-state index < -0.39 is 6.10 Å². The average molecular weight is 371 g/mol. The van der Waals surface area contributed by atoms with E-state index in [0.717, 1.165) is 17.4 Å². The molecule has 3 rings (SSSR count). The third-order valence-electron chi connectivity index (χ3n) is 3.88. The molecule has 0 aliphatic heterocycles. The van der Waals surface area contributed by atoms with E-state index >= 15 is 0 Å². The molecule has 2 aromatic rings. The molecule has 1 atom stereocenters. The molecule has 116 valence electrons. The van der Waals surface area contributed by atoms with Crippen LogP contribution in [-0.4, -0.2) is 5.11 Å². The fraction of sp³-hybridized carbons (Fsp3) is 0.222. The van der Waals surface area contributed by atoms with E-state index in [1.807, 2.05) is 19.1 Å². The number of hydrogen-bond donors (Lipinski definition) is 1. The van der Waals surface area contributed by atoms with Gasteiger partial charge in [-0.05, 0) is 53.3 Å². The molecule has 22 heavy (non-hydrogen) atoms. The third kappa shape index (κ3) is 3.85. The maximum atomic E-state index is 10.2. The van der Waals surface area contributed by atoms with Crippen molar-refractivity contribution in [3.05, 3.63) is 65.3 Å². The molecule has 0 saturated heterocycles. The predicted octanol–water partition coefficient (Wildman–Crippen LogP) is 5.47. The molecule has 0 amide bonds. The Hall–Kier alpha value is -0.566. The number of rotatable bonds is 2. The van der Waals surface area contributed by atoms with Crippen molar-refractivity contribution < 1.29 is 26.8 Å².